The third-order valence-corrected chi connectivity index (χ3v) is 3.64. The molecular weight excluding hydrogens is 232 g/mol. The lowest BCUT2D eigenvalue weighted by Gasteiger charge is -2.02. The molecule has 17 heavy (non-hydrogen) atoms. The topological polar surface area (TPSA) is 55.1 Å². The molecule has 3 N–H and O–H groups in total. The van der Waals surface area contributed by atoms with Crippen LogP contribution in [0.25, 0.3) is 0 Å². The Balaban J connectivity index is 1.90. The first-order valence-electron chi connectivity index (χ1n) is 5.86. The summed E-state index contributed by atoms with van der Waals surface area (Å²) in [5.41, 5.74) is 6.10. The predicted octanol–water partition coefficient (Wildman–Crippen LogP) is 1.59. The third-order valence-electron chi connectivity index (χ3n) is 2.73. The Morgan fingerprint density at radius 1 is 1.59 bits per heavy atom. The van der Waals surface area contributed by atoms with Crippen molar-refractivity contribution in [3.63, 3.8) is 0 Å². The summed E-state index contributed by atoms with van der Waals surface area (Å²) in [5, 5.41) is 4.83. The maximum absolute atomic E-state index is 11.9. The van der Waals surface area contributed by atoms with Gasteiger partial charge in [0.05, 0.1) is 6.54 Å². The first-order valence-corrected chi connectivity index (χ1v) is 6.74. The molecule has 1 aliphatic carbocycles. The Hall–Kier alpha value is -1.31. The lowest BCUT2D eigenvalue weighted by Crippen LogP contribution is -2.24. The van der Waals surface area contributed by atoms with E-state index in [0.717, 1.165) is 24.4 Å². The monoisotopic (exact) mass is 248 g/mol. The number of carbonyl (C=O) groups excluding carboxylic acids is 1. The Kier molecular flexibility index (Phi) is 4.18. The molecule has 90 valence electrons. The van der Waals surface area contributed by atoms with Crippen molar-refractivity contribution in [1.82, 2.24) is 5.32 Å². The molecule has 0 radical (unpaired) electrons. The summed E-state index contributed by atoms with van der Waals surface area (Å²) >= 11 is 1.43. The van der Waals surface area contributed by atoms with Gasteiger partial charge in [0.1, 0.15) is 4.88 Å². The van der Waals surface area contributed by atoms with Gasteiger partial charge in [-0.15, -0.1) is 11.3 Å². The van der Waals surface area contributed by atoms with Gasteiger partial charge in [0.25, 0.3) is 5.91 Å². The van der Waals surface area contributed by atoms with Crippen LogP contribution in [-0.2, 0) is 0 Å². The summed E-state index contributed by atoms with van der Waals surface area (Å²) in [6.45, 7) is 1.09. The fourth-order valence-electron chi connectivity index (χ4n) is 1.61. The predicted molar refractivity (Wildman–Crippen MR) is 69.9 cm³/mol. The van der Waals surface area contributed by atoms with E-state index in [1.54, 1.807) is 0 Å². The van der Waals surface area contributed by atoms with Gasteiger partial charge in [-0.05, 0) is 23.8 Å². The van der Waals surface area contributed by atoms with Crippen LogP contribution >= 0.6 is 11.3 Å². The summed E-state index contributed by atoms with van der Waals surface area (Å²) in [6.07, 6.45) is 3.74. The summed E-state index contributed by atoms with van der Waals surface area (Å²) in [5.74, 6) is 6.53. The molecule has 3 nitrogen and oxygen atoms in total. The third kappa shape index (κ3) is 3.58. The molecule has 4 heteroatoms. The van der Waals surface area contributed by atoms with E-state index in [1.807, 2.05) is 11.4 Å². The number of nitrogens with one attached hydrogen (secondary N) is 1. The molecule has 0 saturated heterocycles. The van der Waals surface area contributed by atoms with E-state index >= 15 is 0 Å². The largest absolute Gasteiger partial charge is 0.351 e. The first kappa shape index (κ1) is 12.2. The van der Waals surface area contributed by atoms with Gasteiger partial charge in [0.2, 0.25) is 0 Å². The van der Waals surface area contributed by atoms with Gasteiger partial charge in [0, 0.05) is 12.1 Å². The SMILES string of the molecule is NCC#Cc1ccsc1C(=O)NCCC1CC1. The highest BCUT2D eigenvalue weighted by Gasteiger charge is 2.21. The van der Waals surface area contributed by atoms with Crippen LogP contribution in [0.5, 0.6) is 0 Å². The van der Waals surface area contributed by atoms with Crippen LogP contribution in [0.15, 0.2) is 11.4 Å². The van der Waals surface area contributed by atoms with Crippen LogP contribution in [0.4, 0.5) is 0 Å². The number of carbonyl (C=O) groups is 1. The standard InChI is InChI=1S/C13H16N2OS/c14-7-1-2-11-6-9-17-12(11)13(16)15-8-5-10-3-4-10/h6,9-10H,3-5,7-8,14H2,(H,15,16). The minimum atomic E-state index is -0.0121. The second-order valence-corrected chi connectivity index (χ2v) is 5.07. The molecule has 0 spiro atoms. The van der Waals surface area contributed by atoms with Crippen molar-refractivity contribution >= 4 is 17.2 Å². The zero-order chi connectivity index (χ0) is 12.1. The average molecular weight is 248 g/mol. The van der Waals surface area contributed by atoms with Crippen molar-refractivity contribution in [3.05, 3.63) is 21.9 Å². The molecule has 1 aromatic rings. The van der Waals surface area contributed by atoms with E-state index in [0.29, 0.717) is 11.4 Å². The summed E-state index contributed by atoms with van der Waals surface area (Å²) in [6, 6.07) is 1.86. The highest BCUT2D eigenvalue weighted by atomic mass is 32.1. The van der Waals surface area contributed by atoms with Crippen LogP contribution in [0, 0.1) is 17.8 Å². The number of amides is 1. The van der Waals surface area contributed by atoms with Gasteiger partial charge in [-0.25, -0.2) is 0 Å². The smallest absolute Gasteiger partial charge is 0.262 e. The quantitative estimate of drug-likeness (QED) is 0.795. The maximum Gasteiger partial charge on any atom is 0.262 e. The number of nitrogens with two attached hydrogens (primary N) is 1. The highest BCUT2D eigenvalue weighted by molar-refractivity contribution is 7.12. The number of rotatable bonds is 4. The van der Waals surface area contributed by atoms with Crippen LogP contribution in [0.2, 0.25) is 0 Å². The molecule has 0 unspecified atom stereocenters. The van der Waals surface area contributed by atoms with E-state index < -0.39 is 0 Å². The second kappa shape index (κ2) is 5.85. The molecule has 1 saturated carbocycles. The van der Waals surface area contributed by atoms with E-state index in [1.165, 1.54) is 24.2 Å². The Bertz CT molecular complexity index is 451. The van der Waals surface area contributed by atoms with Crippen LogP contribution < -0.4 is 11.1 Å². The molecule has 1 fully saturated rings. The van der Waals surface area contributed by atoms with Crippen molar-refractivity contribution in [3.8, 4) is 11.8 Å². The zero-order valence-corrected chi connectivity index (χ0v) is 10.5. The Morgan fingerprint density at radius 3 is 3.12 bits per heavy atom. The molecule has 1 aromatic heterocycles. The number of thiophene rings is 1. The van der Waals surface area contributed by atoms with Crippen LogP contribution in [-0.4, -0.2) is 19.0 Å². The maximum atomic E-state index is 11.9. The lowest BCUT2D eigenvalue weighted by molar-refractivity contribution is 0.0956. The van der Waals surface area contributed by atoms with Gasteiger partial charge in [-0.1, -0.05) is 24.7 Å². The zero-order valence-electron chi connectivity index (χ0n) is 9.66. The molecule has 0 aliphatic heterocycles. The van der Waals surface area contributed by atoms with Crippen molar-refractivity contribution in [2.45, 2.75) is 19.3 Å². The minimum absolute atomic E-state index is 0.0121. The lowest BCUT2D eigenvalue weighted by atomic mass is 10.2. The summed E-state index contributed by atoms with van der Waals surface area (Å²) < 4.78 is 0. The van der Waals surface area contributed by atoms with Crippen LogP contribution in [0.1, 0.15) is 34.5 Å². The Labute approximate surface area is 105 Å². The molecule has 1 heterocycles. The van der Waals surface area contributed by atoms with E-state index in [-0.39, 0.29) is 5.91 Å². The van der Waals surface area contributed by atoms with Crippen molar-refractivity contribution in [2.75, 3.05) is 13.1 Å². The van der Waals surface area contributed by atoms with Crippen molar-refractivity contribution < 1.29 is 4.79 Å². The molecular formula is C13H16N2OS. The average Bonchev–Trinajstić information content (AvgIpc) is 3.03. The van der Waals surface area contributed by atoms with Gasteiger partial charge >= 0.3 is 0 Å². The van der Waals surface area contributed by atoms with E-state index in [2.05, 4.69) is 17.2 Å². The number of hydrogen-bond donors (Lipinski definition) is 2. The molecule has 1 amide bonds. The van der Waals surface area contributed by atoms with Gasteiger partial charge < -0.3 is 11.1 Å². The highest BCUT2D eigenvalue weighted by Crippen LogP contribution is 2.31. The Morgan fingerprint density at radius 2 is 2.41 bits per heavy atom. The summed E-state index contributed by atoms with van der Waals surface area (Å²) in [7, 11) is 0. The number of hydrogen-bond acceptors (Lipinski definition) is 3. The molecule has 0 bridgehead atoms. The summed E-state index contributed by atoms with van der Waals surface area (Å²) in [4.78, 5) is 12.6. The van der Waals surface area contributed by atoms with E-state index in [4.69, 9.17) is 5.73 Å². The van der Waals surface area contributed by atoms with Crippen molar-refractivity contribution in [1.29, 1.82) is 0 Å². The minimum Gasteiger partial charge on any atom is -0.351 e. The first-order chi connectivity index (χ1) is 8.31. The second-order valence-electron chi connectivity index (χ2n) is 4.16. The molecule has 0 aromatic carbocycles. The van der Waals surface area contributed by atoms with Gasteiger partial charge in [0.15, 0.2) is 0 Å². The molecule has 0 atom stereocenters. The van der Waals surface area contributed by atoms with Gasteiger partial charge in [-0.3, -0.25) is 4.79 Å². The van der Waals surface area contributed by atoms with Crippen LogP contribution in [0.3, 0.4) is 0 Å². The normalized spacial score (nSPS) is 13.9. The van der Waals surface area contributed by atoms with Crippen molar-refractivity contribution in [2.24, 2.45) is 11.7 Å². The fourth-order valence-corrected chi connectivity index (χ4v) is 2.37. The molecule has 2 rings (SSSR count). The van der Waals surface area contributed by atoms with Gasteiger partial charge in [-0.2, -0.15) is 0 Å². The van der Waals surface area contributed by atoms with E-state index in [9.17, 15) is 4.79 Å². The fraction of sp³-hybridized carbons (Fsp3) is 0.462. The molecule has 1 aliphatic rings.